The lowest BCUT2D eigenvalue weighted by Gasteiger charge is -2.29. The van der Waals surface area contributed by atoms with Gasteiger partial charge in [-0.1, -0.05) is 13.0 Å². The first-order valence-electron chi connectivity index (χ1n) is 6.50. The summed E-state index contributed by atoms with van der Waals surface area (Å²) in [5, 5.41) is 10.9. The van der Waals surface area contributed by atoms with Crippen molar-refractivity contribution in [3.05, 3.63) is 64.5 Å². The minimum atomic E-state index is -1.56. The first kappa shape index (κ1) is 14.6. The molecular weight excluding hydrogens is 260 g/mol. The number of nitrogens with zero attached hydrogens (tertiary/aromatic N) is 1. The number of benzene rings is 1. The smallest absolute Gasteiger partial charge is 0.141 e. The predicted octanol–water partition coefficient (Wildman–Crippen LogP) is 3.62. The van der Waals surface area contributed by atoms with Gasteiger partial charge in [-0.3, -0.25) is 4.98 Å². The zero-order valence-corrected chi connectivity index (χ0v) is 11.7. The second kappa shape index (κ2) is 5.29. The molecular formula is C16H17F2NO. The third-order valence-corrected chi connectivity index (χ3v) is 3.51. The Morgan fingerprint density at radius 2 is 1.90 bits per heavy atom. The van der Waals surface area contributed by atoms with E-state index in [0.717, 1.165) is 11.8 Å². The summed E-state index contributed by atoms with van der Waals surface area (Å²) in [6.45, 7) is 5.28. The maximum atomic E-state index is 14.3. The number of aliphatic hydroxyl groups is 1. The van der Waals surface area contributed by atoms with Crippen molar-refractivity contribution in [3.63, 3.8) is 0 Å². The van der Waals surface area contributed by atoms with Gasteiger partial charge in [0.2, 0.25) is 0 Å². The zero-order valence-electron chi connectivity index (χ0n) is 11.7. The van der Waals surface area contributed by atoms with Crippen molar-refractivity contribution >= 4 is 0 Å². The summed E-state index contributed by atoms with van der Waals surface area (Å²) in [4.78, 5) is 3.91. The maximum absolute atomic E-state index is 14.3. The van der Waals surface area contributed by atoms with Crippen LogP contribution in [-0.4, -0.2) is 10.1 Å². The van der Waals surface area contributed by atoms with Crippen LogP contribution in [0.1, 0.15) is 35.7 Å². The number of aromatic nitrogens is 1. The fraction of sp³-hybridized carbons (Fsp3) is 0.312. The lowest BCUT2D eigenvalue weighted by atomic mass is 9.83. The van der Waals surface area contributed by atoms with Crippen molar-refractivity contribution < 1.29 is 13.9 Å². The van der Waals surface area contributed by atoms with E-state index >= 15 is 0 Å². The molecule has 2 aromatic rings. The van der Waals surface area contributed by atoms with E-state index in [9.17, 15) is 13.9 Å². The van der Waals surface area contributed by atoms with Crippen LogP contribution in [-0.2, 0) is 5.60 Å². The van der Waals surface area contributed by atoms with E-state index in [-0.39, 0.29) is 17.7 Å². The SMILES string of the molecule is CCC(O)(c1ccc(F)cn1)c1c(C)cc(C)cc1F. The second-order valence-electron chi connectivity index (χ2n) is 5.01. The van der Waals surface area contributed by atoms with Gasteiger partial charge >= 0.3 is 0 Å². The van der Waals surface area contributed by atoms with E-state index in [0.29, 0.717) is 5.56 Å². The number of aryl methyl sites for hydroxylation is 2. The molecule has 1 unspecified atom stereocenters. The van der Waals surface area contributed by atoms with Crippen LogP contribution >= 0.6 is 0 Å². The summed E-state index contributed by atoms with van der Waals surface area (Å²) in [5.41, 5.74) is 0.319. The molecule has 0 aliphatic heterocycles. The van der Waals surface area contributed by atoms with Gasteiger partial charge in [-0.25, -0.2) is 8.78 Å². The number of rotatable bonds is 3. The zero-order chi connectivity index (χ0) is 14.9. The monoisotopic (exact) mass is 277 g/mol. The molecule has 0 bridgehead atoms. The second-order valence-corrected chi connectivity index (χ2v) is 5.01. The number of pyridine rings is 1. The first-order valence-corrected chi connectivity index (χ1v) is 6.50. The summed E-state index contributed by atoms with van der Waals surface area (Å²) in [5.74, 6) is -0.966. The highest BCUT2D eigenvalue weighted by atomic mass is 19.1. The summed E-state index contributed by atoms with van der Waals surface area (Å²) in [6.07, 6.45) is 1.27. The highest BCUT2D eigenvalue weighted by molar-refractivity contribution is 5.41. The Balaban J connectivity index is 2.65. The molecule has 1 N–H and O–H groups in total. The molecule has 2 nitrogen and oxygen atoms in total. The Kier molecular flexibility index (Phi) is 3.86. The molecule has 0 aliphatic rings. The van der Waals surface area contributed by atoms with Gasteiger partial charge in [-0.05, 0) is 49.6 Å². The number of halogens is 2. The van der Waals surface area contributed by atoms with Crippen LogP contribution in [0.2, 0.25) is 0 Å². The normalized spacial score (nSPS) is 14.1. The summed E-state index contributed by atoms with van der Waals surface area (Å²) in [6, 6.07) is 5.79. The summed E-state index contributed by atoms with van der Waals surface area (Å²) >= 11 is 0. The van der Waals surface area contributed by atoms with Crippen LogP contribution in [0.15, 0.2) is 30.5 Å². The van der Waals surface area contributed by atoms with Crippen LogP contribution in [0.5, 0.6) is 0 Å². The molecule has 0 saturated heterocycles. The average Bonchev–Trinajstić information content (AvgIpc) is 2.37. The van der Waals surface area contributed by atoms with E-state index in [2.05, 4.69) is 4.98 Å². The highest BCUT2D eigenvalue weighted by Crippen LogP contribution is 2.35. The van der Waals surface area contributed by atoms with Crippen LogP contribution in [0.25, 0.3) is 0 Å². The van der Waals surface area contributed by atoms with Gasteiger partial charge in [0.25, 0.3) is 0 Å². The number of hydrogen-bond acceptors (Lipinski definition) is 2. The third kappa shape index (κ3) is 2.43. The van der Waals surface area contributed by atoms with Gasteiger partial charge < -0.3 is 5.11 Å². The maximum Gasteiger partial charge on any atom is 0.141 e. The third-order valence-electron chi connectivity index (χ3n) is 3.51. The fourth-order valence-electron chi connectivity index (χ4n) is 2.55. The molecule has 1 aromatic heterocycles. The number of hydrogen-bond donors (Lipinski definition) is 1. The molecule has 0 saturated carbocycles. The molecule has 20 heavy (non-hydrogen) atoms. The predicted molar refractivity (Wildman–Crippen MR) is 73.4 cm³/mol. The van der Waals surface area contributed by atoms with Crippen LogP contribution in [0, 0.1) is 25.5 Å². The van der Waals surface area contributed by atoms with Crippen molar-refractivity contribution in [2.75, 3.05) is 0 Å². The first-order chi connectivity index (χ1) is 9.38. The van der Waals surface area contributed by atoms with Crippen molar-refractivity contribution in [3.8, 4) is 0 Å². The lowest BCUT2D eigenvalue weighted by molar-refractivity contribution is 0.0671. The van der Waals surface area contributed by atoms with Crippen LogP contribution < -0.4 is 0 Å². The standard InChI is InChI=1S/C16H17F2NO/c1-4-16(20,14-6-5-12(17)9-19-14)15-11(3)7-10(2)8-13(15)18/h5-9,20H,4H2,1-3H3. The lowest BCUT2D eigenvalue weighted by Crippen LogP contribution is -2.30. The van der Waals surface area contributed by atoms with Crippen molar-refractivity contribution in [1.29, 1.82) is 0 Å². The molecule has 0 aliphatic carbocycles. The van der Waals surface area contributed by atoms with E-state index in [1.165, 1.54) is 18.2 Å². The Hall–Kier alpha value is -1.81. The molecule has 0 spiro atoms. The minimum Gasteiger partial charge on any atom is -0.379 e. The molecule has 106 valence electrons. The Labute approximate surface area is 117 Å². The van der Waals surface area contributed by atoms with E-state index < -0.39 is 17.2 Å². The molecule has 1 heterocycles. The largest absolute Gasteiger partial charge is 0.379 e. The van der Waals surface area contributed by atoms with Gasteiger partial charge in [-0.2, -0.15) is 0 Å². The molecule has 1 aromatic carbocycles. The molecule has 1 atom stereocenters. The van der Waals surface area contributed by atoms with Crippen molar-refractivity contribution in [2.24, 2.45) is 0 Å². The minimum absolute atomic E-state index is 0.199. The average molecular weight is 277 g/mol. The quantitative estimate of drug-likeness (QED) is 0.929. The molecule has 0 amide bonds. The van der Waals surface area contributed by atoms with Crippen molar-refractivity contribution in [1.82, 2.24) is 4.98 Å². The summed E-state index contributed by atoms with van der Waals surface area (Å²) in [7, 11) is 0. The van der Waals surface area contributed by atoms with Gasteiger partial charge in [0.1, 0.15) is 17.2 Å². The topological polar surface area (TPSA) is 33.1 Å². The van der Waals surface area contributed by atoms with Gasteiger partial charge in [0.15, 0.2) is 0 Å². The van der Waals surface area contributed by atoms with E-state index in [4.69, 9.17) is 0 Å². The Morgan fingerprint density at radius 1 is 1.20 bits per heavy atom. The molecule has 0 fully saturated rings. The van der Waals surface area contributed by atoms with Crippen molar-refractivity contribution in [2.45, 2.75) is 32.8 Å². The Bertz CT molecular complexity index is 602. The molecule has 2 rings (SSSR count). The van der Waals surface area contributed by atoms with Gasteiger partial charge in [0.05, 0.1) is 11.9 Å². The fourth-order valence-corrected chi connectivity index (χ4v) is 2.55. The van der Waals surface area contributed by atoms with Gasteiger partial charge in [0, 0.05) is 5.56 Å². The summed E-state index contributed by atoms with van der Waals surface area (Å²) < 4.78 is 27.3. The van der Waals surface area contributed by atoms with Gasteiger partial charge in [-0.15, -0.1) is 0 Å². The molecule has 4 heteroatoms. The van der Waals surface area contributed by atoms with Crippen LogP contribution in [0.3, 0.4) is 0 Å². The highest BCUT2D eigenvalue weighted by Gasteiger charge is 2.35. The van der Waals surface area contributed by atoms with Crippen LogP contribution in [0.4, 0.5) is 8.78 Å². The molecule has 0 radical (unpaired) electrons. The van der Waals surface area contributed by atoms with E-state index in [1.54, 1.807) is 20.8 Å². The van der Waals surface area contributed by atoms with E-state index in [1.807, 2.05) is 6.07 Å². The Morgan fingerprint density at radius 3 is 2.40 bits per heavy atom.